The zero-order valence-electron chi connectivity index (χ0n) is 6.94. The second-order valence-electron chi connectivity index (χ2n) is 2.68. The van der Waals surface area contributed by atoms with Crippen LogP contribution in [0.4, 0.5) is 0 Å². The van der Waals surface area contributed by atoms with Crippen molar-refractivity contribution in [2.24, 2.45) is 0 Å². The molecule has 0 saturated carbocycles. The largest absolute Gasteiger partial charge is 0.299 e. The van der Waals surface area contributed by atoms with Gasteiger partial charge in [0.1, 0.15) is 6.29 Å². The smallest absolute Gasteiger partial charge is 0.142 e. The Morgan fingerprint density at radius 3 is 2.92 bits per heavy atom. The number of fused-ring (bicyclic) bond motifs is 1. The van der Waals surface area contributed by atoms with E-state index in [1.165, 1.54) is 16.2 Å². The number of carbonyl (C=O) groups is 1. The maximum atomic E-state index is 10.2. The fraction of sp³-hybridized carbons (Fsp3) is 0. The highest BCUT2D eigenvalue weighted by Gasteiger charge is 1.98. The molecule has 0 unspecified atom stereocenters. The number of aldehydes is 1. The SMILES string of the molecule is O=C/C=C\c1csc2ccccc12. The van der Waals surface area contributed by atoms with E-state index in [-0.39, 0.29) is 0 Å². The van der Waals surface area contributed by atoms with Crippen molar-refractivity contribution in [1.82, 2.24) is 0 Å². The Morgan fingerprint density at radius 2 is 2.08 bits per heavy atom. The summed E-state index contributed by atoms with van der Waals surface area (Å²) < 4.78 is 1.26. The van der Waals surface area contributed by atoms with E-state index in [2.05, 4.69) is 17.5 Å². The highest BCUT2D eigenvalue weighted by atomic mass is 32.1. The van der Waals surface area contributed by atoms with E-state index in [1.807, 2.05) is 18.2 Å². The van der Waals surface area contributed by atoms with Crippen LogP contribution in [-0.2, 0) is 4.79 Å². The quantitative estimate of drug-likeness (QED) is 0.522. The van der Waals surface area contributed by atoms with Gasteiger partial charge in [0.15, 0.2) is 0 Å². The number of hydrogen-bond donors (Lipinski definition) is 0. The van der Waals surface area contributed by atoms with Gasteiger partial charge in [0, 0.05) is 4.70 Å². The third kappa shape index (κ3) is 1.53. The molecule has 0 aliphatic rings. The summed E-state index contributed by atoms with van der Waals surface area (Å²) in [5, 5.41) is 3.27. The van der Waals surface area contributed by atoms with Gasteiger partial charge in [0.2, 0.25) is 0 Å². The Hall–Kier alpha value is -1.41. The second-order valence-corrected chi connectivity index (χ2v) is 3.59. The molecule has 0 N–H and O–H groups in total. The maximum absolute atomic E-state index is 10.2. The maximum Gasteiger partial charge on any atom is 0.142 e. The van der Waals surface area contributed by atoms with Crippen LogP contribution >= 0.6 is 11.3 Å². The van der Waals surface area contributed by atoms with E-state index in [0.29, 0.717) is 0 Å². The lowest BCUT2D eigenvalue weighted by atomic mass is 10.2. The summed E-state index contributed by atoms with van der Waals surface area (Å²) in [6.07, 6.45) is 4.16. The molecule has 1 aromatic heterocycles. The van der Waals surface area contributed by atoms with Gasteiger partial charge in [-0.1, -0.05) is 24.3 Å². The summed E-state index contributed by atoms with van der Waals surface area (Å²) in [7, 11) is 0. The molecule has 2 rings (SSSR count). The van der Waals surface area contributed by atoms with Crippen LogP contribution in [0.1, 0.15) is 5.56 Å². The first-order chi connectivity index (χ1) is 6.42. The number of benzene rings is 1. The lowest BCUT2D eigenvalue weighted by molar-refractivity contribution is -0.104. The van der Waals surface area contributed by atoms with Gasteiger partial charge in [0.25, 0.3) is 0 Å². The molecule has 0 aliphatic heterocycles. The van der Waals surface area contributed by atoms with E-state index < -0.39 is 0 Å². The zero-order chi connectivity index (χ0) is 9.10. The molecule has 1 aromatic carbocycles. The van der Waals surface area contributed by atoms with Crippen molar-refractivity contribution < 1.29 is 4.79 Å². The van der Waals surface area contributed by atoms with Crippen LogP contribution in [-0.4, -0.2) is 6.29 Å². The summed E-state index contributed by atoms with van der Waals surface area (Å²) in [5.41, 5.74) is 1.12. The molecule has 0 atom stereocenters. The predicted octanol–water partition coefficient (Wildman–Crippen LogP) is 3.11. The fourth-order valence-electron chi connectivity index (χ4n) is 1.27. The van der Waals surface area contributed by atoms with Crippen molar-refractivity contribution in [2.75, 3.05) is 0 Å². The molecule has 2 heteroatoms. The van der Waals surface area contributed by atoms with Crippen LogP contribution in [0.5, 0.6) is 0 Å². The summed E-state index contributed by atoms with van der Waals surface area (Å²) in [4.78, 5) is 10.2. The second kappa shape index (κ2) is 3.54. The first kappa shape index (κ1) is 8.20. The predicted molar refractivity (Wildman–Crippen MR) is 56.9 cm³/mol. The van der Waals surface area contributed by atoms with Crippen molar-refractivity contribution in [3.05, 3.63) is 41.3 Å². The average Bonchev–Trinajstić information content (AvgIpc) is 2.58. The van der Waals surface area contributed by atoms with Crippen LogP contribution in [0, 0.1) is 0 Å². The third-order valence-electron chi connectivity index (χ3n) is 1.87. The normalized spacial score (nSPS) is 11.1. The van der Waals surface area contributed by atoms with Crippen molar-refractivity contribution in [1.29, 1.82) is 0 Å². The molecule has 64 valence electrons. The highest BCUT2D eigenvalue weighted by molar-refractivity contribution is 7.17. The Bertz CT molecular complexity index is 454. The van der Waals surface area contributed by atoms with Gasteiger partial charge in [-0.05, 0) is 28.5 Å². The number of allylic oxidation sites excluding steroid dienone is 1. The van der Waals surface area contributed by atoms with E-state index in [4.69, 9.17) is 0 Å². The topological polar surface area (TPSA) is 17.1 Å². The molecule has 1 heterocycles. The average molecular weight is 188 g/mol. The van der Waals surface area contributed by atoms with Gasteiger partial charge in [-0.2, -0.15) is 0 Å². The van der Waals surface area contributed by atoms with Crippen LogP contribution in [0.25, 0.3) is 16.2 Å². The van der Waals surface area contributed by atoms with Crippen molar-refractivity contribution >= 4 is 33.8 Å². The van der Waals surface area contributed by atoms with Gasteiger partial charge in [-0.3, -0.25) is 4.79 Å². The Kier molecular flexibility index (Phi) is 2.23. The van der Waals surface area contributed by atoms with Crippen LogP contribution in [0.2, 0.25) is 0 Å². The van der Waals surface area contributed by atoms with Gasteiger partial charge in [-0.25, -0.2) is 0 Å². The Morgan fingerprint density at radius 1 is 1.23 bits per heavy atom. The van der Waals surface area contributed by atoms with Crippen molar-refractivity contribution in [2.45, 2.75) is 0 Å². The lowest BCUT2D eigenvalue weighted by Crippen LogP contribution is -1.67. The molecule has 13 heavy (non-hydrogen) atoms. The van der Waals surface area contributed by atoms with E-state index in [0.717, 1.165) is 11.8 Å². The minimum absolute atomic E-state index is 0.798. The lowest BCUT2D eigenvalue weighted by Gasteiger charge is -1.88. The van der Waals surface area contributed by atoms with E-state index >= 15 is 0 Å². The molecule has 0 amide bonds. The first-order valence-electron chi connectivity index (χ1n) is 4.00. The number of thiophene rings is 1. The van der Waals surface area contributed by atoms with Crippen LogP contribution in [0.3, 0.4) is 0 Å². The Labute approximate surface area is 80.3 Å². The standard InChI is InChI=1S/C11H8OS/c12-7-3-4-9-8-13-11-6-2-1-5-10(9)11/h1-8H/b4-3-. The molecule has 0 spiro atoms. The van der Waals surface area contributed by atoms with Crippen molar-refractivity contribution in [3.63, 3.8) is 0 Å². The molecular formula is C11H8OS. The number of hydrogen-bond acceptors (Lipinski definition) is 2. The molecule has 0 saturated heterocycles. The van der Waals surface area contributed by atoms with Crippen LogP contribution < -0.4 is 0 Å². The molecule has 0 aliphatic carbocycles. The Balaban J connectivity index is 2.57. The minimum Gasteiger partial charge on any atom is -0.299 e. The summed E-state index contributed by atoms with van der Waals surface area (Å²) >= 11 is 1.70. The number of carbonyl (C=O) groups excluding carboxylic acids is 1. The summed E-state index contributed by atoms with van der Waals surface area (Å²) in [6, 6.07) is 8.17. The highest BCUT2D eigenvalue weighted by Crippen LogP contribution is 2.26. The minimum atomic E-state index is 0.798. The molecular weight excluding hydrogens is 180 g/mol. The monoisotopic (exact) mass is 188 g/mol. The van der Waals surface area contributed by atoms with Gasteiger partial charge < -0.3 is 0 Å². The van der Waals surface area contributed by atoms with Gasteiger partial charge in [-0.15, -0.1) is 11.3 Å². The van der Waals surface area contributed by atoms with E-state index in [9.17, 15) is 4.79 Å². The van der Waals surface area contributed by atoms with E-state index in [1.54, 1.807) is 11.3 Å². The summed E-state index contributed by atoms with van der Waals surface area (Å²) in [6.45, 7) is 0. The van der Waals surface area contributed by atoms with Gasteiger partial charge >= 0.3 is 0 Å². The van der Waals surface area contributed by atoms with Crippen LogP contribution in [0.15, 0.2) is 35.7 Å². The molecule has 1 nitrogen and oxygen atoms in total. The first-order valence-corrected chi connectivity index (χ1v) is 4.88. The zero-order valence-corrected chi connectivity index (χ0v) is 7.75. The molecule has 2 aromatic rings. The molecule has 0 bridgehead atoms. The van der Waals surface area contributed by atoms with Gasteiger partial charge in [0.05, 0.1) is 0 Å². The van der Waals surface area contributed by atoms with Crippen molar-refractivity contribution in [3.8, 4) is 0 Å². The molecule has 0 radical (unpaired) electrons. The fourth-order valence-corrected chi connectivity index (χ4v) is 2.20. The third-order valence-corrected chi connectivity index (χ3v) is 2.85. The number of rotatable bonds is 2. The molecule has 0 fully saturated rings. The summed E-state index contributed by atoms with van der Waals surface area (Å²) in [5.74, 6) is 0.